The molecule has 7 heteroatoms. The standard InChI is InChI=1S/C13H14FNO5/c1-7(16)15-10(13(18)19)6-11(17)9-5-8(14)3-4-12(9)20-2/h3-5,10H,6H2,1-2H3,(H,15,16)(H,18,19). The highest BCUT2D eigenvalue weighted by Crippen LogP contribution is 2.21. The molecule has 1 amide bonds. The summed E-state index contributed by atoms with van der Waals surface area (Å²) in [6, 6.07) is 2.00. The molecule has 2 N–H and O–H groups in total. The molecule has 1 aromatic carbocycles. The average molecular weight is 283 g/mol. The molecule has 1 atom stereocenters. The van der Waals surface area contributed by atoms with Crippen molar-refractivity contribution in [2.24, 2.45) is 0 Å². The van der Waals surface area contributed by atoms with E-state index < -0.39 is 35.9 Å². The summed E-state index contributed by atoms with van der Waals surface area (Å²) < 4.78 is 18.1. The smallest absolute Gasteiger partial charge is 0.326 e. The molecule has 0 fully saturated rings. The van der Waals surface area contributed by atoms with Gasteiger partial charge in [0, 0.05) is 13.3 Å². The number of aliphatic carboxylic acids is 1. The highest BCUT2D eigenvalue weighted by Gasteiger charge is 2.24. The lowest BCUT2D eigenvalue weighted by Crippen LogP contribution is -2.41. The molecule has 6 nitrogen and oxygen atoms in total. The molecule has 0 radical (unpaired) electrons. The van der Waals surface area contributed by atoms with Crippen LogP contribution in [-0.4, -0.2) is 35.9 Å². The van der Waals surface area contributed by atoms with Gasteiger partial charge < -0.3 is 15.2 Å². The van der Waals surface area contributed by atoms with Gasteiger partial charge in [0.2, 0.25) is 5.91 Å². The molecule has 0 aromatic heterocycles. The predicted molar refractivity (Wildman–Crippen MR) is 67.1 cm³/mol. The largest absolute Gasteiger partial charge is 0.496 e. The summed E-state index contributed by atoms with van der Waals surface area (Å²) in [6.07, 6.45) is -0.491. The number of hydrogen-bond acceptors (Lipinski definition) is 4. The van der Waals surface area contributed by atoms with Gasteiger partial charge in [0.05, 0.1) is 12.7 Å². The Hall–Kier alpha value is -2.44. The van der Waals surface area contributed by atoms with Crippen LogP contribution in [0.15, 0.2) is 18.2 Å². The fourth-order valence-electron chi connectivity index (χ4n) is 1.64. The van der Waals surface area contributed by atoms with Gasteiger partial charge in [0.1, 0.15) is 17.6 Å². The lowest BCUT2D eigenvalue weighted by molar-refractivity contribution is -0.141. The number of methoxy groups -OCH3 is 1. The number of benzene rings is 1. The summed E-state index contributed by atoms with van der Waals surface area (Å²) in [4.78, 5) is 33.8. The number of Topliss-reactive ketones (excluding diaryl/α,β-unsaturated/α-hetero) is 1. The van der Waals surface area contributed by atoms with Gasteiger partial charge in [-0.3, -0.25) is 9.59 Å². The van der Waals surface area contributed by atoms with Crippen LogP contribution < -0.4 is 10.1 Å². The summed E-state index contributed by atoms with van der Waals surface area (Å²) >= 11 is 0. The Labute approximate surface area is 114 Å². The molecule has 0 aliphatic rings. The van der Waals surface area contributed by atoms with Gasteiger partial charge in [-0.25, -0.2) is 9.18 Å². The fourth-order valence-corrected chi connectivity index (χ4v) is 1.64. The molecule has 0 bridgehead atoms. The average Bonchev–Trinajstić information content (AvgIpc) is 2.37. The van der Waals surface area contributed by atoms with Crippen molar-refractivity contribution in [1.29, 1.82) is 0 Å². The fraction of sp³-hybridized carbons (Fsp3) is 0.308. The van der Waals surface area contributed by atoms with E-state index in [1.807, 2.05) is 0 Å². The van der Waals surface area contributed by atoms with Gasteiger partial charge in [-0.1, -0.05) is 0 Å². The first-order valence-corrected chi connectivity index (χ1v) is 5.71. The van der Waals surface area contributed by atoms with E-state index in [2.05, 4.69) is 5.32 Å². The second-order valence-corrected chi connectivity index (χ2v) is 4.06. The van der Waals surface area contributed by atoms with Crippen LogP contribution in [0.25, 0.3) is 0 Å². The van der Waals surface area contributed by atoms with E-state index in [9.17, 15) is 18.8 Å². The van der Waals surface area contributed by atoms with Crippen LogP contribution in [0.3, 0.4) is 0 Å². The first-order chi connectivity index (χ1) is 9.35. The maximum atomic E-state index is 13.2. The number of carboxylic acids is 1. The third-order valence-corrected chi connectivity index (χ3v) is 2.53. The monoisotopic (exact) mass is 283 g/mol. The van der Waals surface area contributed by atoms with E-state index >= 15 is 0 Å². The Morgan fingerprint density at radius 3 is 2.55 bits per heavy atom. The second kappa shape index (κ2) is 6.65. The Morgan fingerprint density at radius 2 is 2.05 bits per heavy atom. The van der Waals surface area contributed by atoms with Gasteiger partial charge in [-0.15, -0.1) is 0 Å². The molecule has 0 spiro atoms. The lowest BCUT2D eigenvalue weighted by Gasteiger charge is -2.13. The molecule has 1 aromatic rings. The van der Waals surface area contributed by atoms with E-state index in [1.165, 1.54) is 13.2 Å². The number of carbonyl (C=O) groups excluding carboxylic acids is 2. The minimum Gasteiger partial charge on any atom is -0.496 e. The zero-order valence-electron chi connectivity index (χ0n) is 11.0. The summed E-state index contributed by atoms with van der Waals surface area (Å²) in [5, 5.41) is 11.1. The summed E-state index contributed by atoms with van der Waals surface area (Å²) in [5.74, 6) is -3.05. The highest BCUT2D eigenvalue weighted by atomic mass is 19.1. The van der Waals surface area contributed by atoms with Crippen LogP contribution in [-0.2, 0) is 9.59 Å². The summed E-state index contributed by atoms with van der Waals surface area (Å²) in [7, 11) is 1.31. The predicted octanol–water partition coefficient (Wildman–Crippen LogP) is 0.996. The van der Waals surface area contributed by atoms with Crippen molar-refractivity contribution in [3.8, 4) is 5.75 Å². The summed E-state index contributed by atoms with van der Waals surface area (Å²) in [6.45, 7) is 1.14. The van der Waals surface area contributed by atoms with Crippen molar-refractivity contribution < 1.29 is 28.6 Å². The third kappa shape index (κ3) is 4.04. The number of nitrogens with one attached hydrogen (secondary N) is 1. The maximum Gasteiger partial charge on any atom is 0.326 e. The Balaban J connectivity index is 2.96. The Bertz CT molecular complexity index is 544. The number of hydrogen-bond donors (Lipinski definition) is 2. The minimum absolute atomic E-state index is 0.0656. The number of carboxylic acid groups (broad SMARTS) is 1. The molecule has 1 rings (SSSR count). The molecule has 1 unspecified atom stereocenters. The molecule has 0 aliphatic heterocycles. The molecule has 0 saturated heterocycles. The van der Waals surface area contributed by atoms with Gasteiger partial charge in [0.15, 0.2) is 5.78 Å². The SMILES string of the molecule is COc1ccc(F)cc1C(=O)CC(NC(C)=O)C(=O)O. The zero-order chi connectivity index (χ0) is 15.3. The summed E-state index contributed by atoms with van der Waals surface area (Å²) in [5.41, 5.74) is -0.0656. The number of halogens is 1. The first-order valence-electron chi connectivity index (χ1n) is 5.71. The highest BCUT2D eigenvalue weighted by molar-refractivity contribution is 6.01. The van der Waals surface area contributed by atoms with E-state index in [0.29, 0.717) is 0 Å². The van der Waals surface area contributed by atoms with Crippen molar-refractivity contribution >= 4 is 17.7 Å². The van der Waals surface area contributed by atoms with Crippen molar-refractivity contribution in [3.63, 3.8) is 0 Å². The normalized spacial score (nSPS) is 11.6. The van der Waals surface area contributed by atoms with Crippen LogP contribution in [0.2, 0.25) is 0 Å². The molecule has 0 aliphatic carbocycles. The van der Waals surface area contributed by atoms with Gasteiger partial charge in [-0.2, -0.15) is 0 Å². The van der Waals surface area contributed by atoms with Gasteiger partial charge >= 0.3 is 5.97 Å². The van der Waals surface area contributed by atoms with Crippen molar-refractivity contribution in [2.45, 2.75) is 19.4 Å². The minimum atomic E-state index is -1.37. The van der Waals surface area contributed by atoms with E-state index in [-0.39, 0.29) is 11.3 Å². The number of rotatable bonds is 6. The van der Waals surface area contributed by atoms with E-state index in [0.717, 1.165) is 19.1 Å². The number of ether oxygens (including phenoxy) is 1. The second-order valence-electron chi connectivity index (χ2n) is 4.06. The number of ketones is 1. The quantitative estimate of drug-likeness (QED) is 0.760. The molecule has 0 saturated carbocycles. The van der Waals surface area contributed by atoms with Crippen LogP contribution >= 0.6 is 0 Å². The molecular weight excluding hydrogens is 269 g/mol. The number of carbonyl (C=O) groups is 3. The van der Waals surface area contributed by atoms with Crippen LogP contribution in [0.4, 0.5) is 4.39 Å². The molecule has 108 valence electrons. The van der Waals surface area contributed by atoms with E-state index in [1.54, 1.807) is 0 Å². The topological polar surface area (TPSA) is 92.7 Å². The molecular formula is C13H14FNO5. The van der Waals surface area contributed by atoms with Crippen LogP contribution in [0.5, 0.6) is 5.75 Å². The van der Waals surface area contributed by atoms with Crippen molar-refractivity contribution in [3.05, 3.63) is 29.6 Å². The van der Waals surface area contributed by atoms with Crippen molar-refractivity contribution in [1.82, 2.24) is 5.32 Å². The van der Waals surface area contributed by atoms with Crippen LogP contribution in [0.1, 0.15) is 23.7 Å². The van der Waals surface area contributed by atoms with Crippen LogP contribution in [0, 0.1) is 5.82 Å². The Kier molecular flexibility index (Phi) is 5.19. The molecule has 20 heavy (non-hydrogen) atoms. The van der Waals surface area contributed by atoms with E-state index in [4.69, 9.17) is 9.84 Å². The van der Waals surface area contributed by atoms with Crippen molar-refractivity contribution in [2.75, 3.05) is 7.11 Å². The molecule has 0 heterocycles. The number of amides is 1. The Morgan fingerprint density at radius 1 is 1.40 bits per heavy atom. The maximum absolute atomic E-state index is 13.2. The first kappa shape index (κ1) is 15.6. The zero-order valence-corrected chi connectivity index (χ0v) is 11.0. The lowest BCUT2D eigenvalue weighted by atomic mass is 10.0. The van der Waals surface area contributed by atoms with Gasteiger partial charge in [0.25, 0.3) is 0 Å². The third-order valence-electron chi connectivity index (χ3n) is 2.53. The van der Waals surface area contributed by atoms with Gasteiger partial charge in [-0.05, 0) is 18.2 Å².